The number of aromatic amines is 1. The quantitative estimate of drug-likeness (QED) is 0.208. The predicted molar refractivity (Wildman–Crippen MR) is 140 cm³/mol. The van der Waals surface area contributed by atoms with Crippen LogP contribution >= 0.6 is 0 Å². The van der Waals surface area contributed by atoms with Crippen LogP contribution in [0.3, 0.4) is 0 Å². The van der Waals surface area contributed by atoms with Crippen molar-refractivity contribution in [2.45, 2.75) is 6.42 Å². The summed E-state index contributed by atoms with van der Waals surface area (Å²) in [6.07, 6.45) is 2.27. The fourth-order valence-electron chi connectivity index (χ4n) is 3.87. The van der Waals surface area contributed by atoms with E-state index in [-0.39, 0.29) is 11.4 Å². The maximum Gasteiger partial charge on any atom is 0.289 e. The lowest BCUT2D eigenvalue weighted by atomic mass is 10.0. The molecule has 1 amide bonds. The summed E-state index contributed by atoms with van der Waals surface area (Å²) in [4.78, 5) is 12.5. The lowest BCUT2D eigenvalue weighted by Crippen LogP contribution is -2.18. The number of amides is 1. The zero-order valence-corrected chi connectivity index (χ0v) is 19.4. The van der Waals surface area contributed by atoms with E-state index in [0.29, 0.717) is 17.9 Å². The van der Waals surface area contributed by atoms with E-state index in [9.17, 15) is 9.90 Å². The number of nitrogens with one attached hydrogen (secondary N) is 2. The minimum Gasteiger partial charge on any atom is -0.507 e. The van der Waals surface area contributed by atoms with E-state index in [2.05, 4.69) is 32.9 Å². The largest absolute Gasteiger partial charge is 0.507 e. The van der Waals surface area contributed by atoms with E-state index in [1.807, 2.05) is 72.8 Å². The van der Waals surface area contributed by atoms with Crippen LogP contribution in [0.5, 0.6) is 11.5 Å². The second-order valence-corrected chi connectivity index (χ2v) is 8.19. The Kier molecular flexibility index (Phi) is 6.71. The van der Waals surface area contributed by atoms with Gasteiger partial charge in [0.05, 0.1) is 18.5 Å². The number of aromatic hydroxyl groups is 1. The number of carbonyl (C=O) groups is 1. The molecule has 1 aromatic heterocycles. The van der Waals surface area contributed by atoms with E-state index in [0.717, 1.165) is 28.5 Å². The van der Waals surface area contributed by atoms with Crippen LogP contribution in [0.15, 0.2) is 102 Å². The standard InChI is InChI=1S/C29H24N4O3/c34-28-15-12-21-8-4-5-9-24(21)25(28)19-30-33-29(35)27-18-26(31-32-27)22-10-13-23(14-11-22)36-17-16-20-6-2-1-3-7-20/h1-15,18-19,34H,16-17H2,(H,31,32)(H,33,35)/b30-19+. The molecule has 0 aliphatic heterocycles. The molecule has 0 fully saturated rings. The summed E-state index contributed by atoms with van der Waals surface area (Å²) in [5.74, 6) is 0.419. The molecule has 178 valence electrons. The molecular formula is C29H24N4O3. The molecule has 0 bridgehead atoms. The zero-order chi connectivity index (χ0) is 24.7. The number of fused-ring (bicyclic) bond motifs is 1. The number of hydrazone groups is 1. The lowest BCUT2D eigenvalue weighted by Gasteiger charge is -2.06. The van der Waals surface area contributed by atoms with Gasteiger partial charge in [-0.05, 0) is 52.7 Å². The number of nitrogens with zero attached hydrogens (tertiary/aromatic N) is 2. The van der Waals surface area contributed by atoms with E-state index < -0.39 is 5.91 Å². The summed E-state index contributed by atoms with van der Waals surface area (Å²) in [6, 6.07) is 30.5. The molecule has 5 aromatic rings. The lowest BCUT2D eigenvalue weighted by molar-refractivity contribution is 0.0950. The number of benzene rings is 4. The van der Waals surface area contributed by atoms with E-state index in [1.54, 1.807) is 12.1 Å². The Morgan fingerprint density at radius 1 is 0.972 bits per heavy atom. The first-order chi connectivity index (χ1) is 17.7. The number of ether oxygens (including phenoxy) is 1. The molecule has 0 radical (unpaired) electrons. The van der Waals surface area contributed by atoms with Crippen LogP contribution in [-0.2, 0) is 6.42 Å². The van der Waals surface area contributed by atoms with Gasteiger partial charge in [-0.3, -0.25) is 9.89 Å². The van der Waals surface area contributed by atoms with E-state index in [1.165, 1.54) is 11.8 Å². The van der Waals surface area contributed by atoms with Crippen LogP contribution in [-0.4, -0.2) is 34.0 Å². The Bertz CT molecular complexity index is 1510. The fraction of sp³-hybridized carbons (Fsp3) is 0.0690. The monoisotopic (exact) mass is 476 g/mol. The van der Waals surface area contributed by atoms with Crippen LogP contribution in [0, 0.1) is 0 Å². The van der Waals surface area contributed by atoms with Gasteiger partial charge in [-0.1, -0.05) is 60.7 Å². The van der Waals surface area contributed by atoms with Crippen molar-refractivity contribution in [1.82, 2.24) is 15.6 Å². The molecule has 0 unspecified atom stereocenters. The Balaban J connectivity index is 1.19. The van der Waals surface area contributed by atoms with Gasteiger partial charge in [-0.15, -0.1) is 0 Å². The number of phenols is 1. The first-order valence-electron chi connectivity index (χ1n) is 11.5. The molecule has 7 heteroatoms. The van der Waals surface area contributed by atoms with E-state index in [4.69, 9.17) is 4.74 Å². The highest BCUT2D eigenvalue weighted by Gasteiger charge is 2.11. The van der Waals surface area contributed by atoms with Crippen molar-refractivity contribution >= 4 is 22.9 Å². The minimum atomic E-state index is -0.439. The van der Waals surface area contributed by atoms with Crippen LogP contribution in [0.4, 0.5) is 0 Å². The molecule has 3 N–H and O–H groups in total. The summed E-state index contributed by atoms with van der Waals surface area (Å²) in [5, 5.41) is 23.0. The molecule has 0 atom stereocenters. The van der Waals surface area contributed by atoms with Gasteiger partial charge in [0.25, 0.3) is 5.91 Å². The minimum absolute atomic E-state index is 0.0861. The Labute approximate surface area is 208 Å². The van der Waals surface area contributed by atoms with Gasteiger partial charge in [0.1, 0.15) is 17.2 Å². The topological polar surface area (TPSA) is 99.6 Å². The van der Waals surface area contributed by atoms with Crippen molar-refractivity contribution in [1.29, 1.82) is 0 Å². The summed E-state index contributed by atoms with van der Waals surface area (Å²) >= 11 is 0. The second-order valence-electron chi connectivity index (χ2n) is 8.19. The maximum absolute atomic E-state index is 12.5. The van der Waals surface area contributed by atoms with Gasteiger partial charge in [0.15, 0.2) is 0 Å². The van der Waals surface area contributed by atoms with Crippen molar-refractivity contribution in [2.75, 3.05) is 6.61 Å². The van der Waals surface area contributed by atoms with Crippen LogP contribution in [0.1, 0.15) is 21.6 Å². The molecule has 1 heterocycles. The van der Waals surface area contributed by atoms with Gasteiger partial charge in [-0.2, -0.15) is 10.2 Å². The van der Waals surface area contributed by atoms with Crippen LogP contribution in [0.2, 0.25) is 0 Å². The molecule has 0 spiro atoms. The Hall–Kier alpha value is -4.91. The van der Waals surface area contributed by atoms with Crippen molar-refractivity contribution in [3.63, 3.8) is 0 Å². The van der Waals surface area contributed by atoms with Crippen molar-refractivity contribution < 1.29 is 14.6 Å². The third kappa shape index (κ3) is 5.26. The van der Waals surface area contributed by atoms with Gasteiger partial charge >= 0.3 is 0 Å². The molecule has 0 aliphatic rings. The molecule has 0 saturated heterocycles. The maximum atomic E-state index is 12.5. The van der Waals surface area contributed by atoms with Crippen molar-refractivity contribution in [2.24, 2.45) is 5.10 Å². The van der Waals surface area contributed by atoms with Gasteiger partial charge in [0.2, 0.25) is 0 Å². The first-order valence-corrected chi connectivity index (χ1v) is 11.5. The third-order valence-electron chi connectivity index (χ3n) is 5.78. The number of phenolic OH excluding ortho intramolecular Hbond substituents is 1. The first kappa shape index (κ1) is 22.9. The molecule has 36 heavy (non-hydrogen) atoms. The zero-order valence-electron chi connectivity index (χ0n) is 19.4. The number of H-pyrrole nitrogens is 1. The Morgan fingerprint density at radius 2 is 1.75 bits per heavy atom. The number of aromatic nitrogens is 2. The number of carbonyl (C=O) groups excluding carboxylic acids is 1. The normalized spacial score (nSPS) is 11.1. The van der Waals surface area contributed by atoms with Crippen molar-refractivity contribution in [3.05, 3.63) is 114 Å². The average molecular weight is 477 g/mol. The summed E-state index contributed by atoms with van der Waals surface area (Å²) in [7, 11) is 0. The smallest absolute Gasteiger partial charge is 0.289 e. The average Bonchev–Trinajstić information content (AvgIpc) is 3.41. The molecule has 4 aromatic carbocycles. The number of rotatable bonds is 8. The molecule has 5 rings (SSSR count). The van der Waals surface area contributed by atoms with E-state index >= 15 is 0 Å². The highest BCUT2D eigenvalue weighted by molar-refractivity contribution is 6.03. The summed E-state index contributed by atoms with van der Waals surface area (Å²) in [6.45, 7) is 0.590. The highest BCUT2D eigenvalue weighted by atomic mass is 16.5. The number of hydrogen-bond donors (Lipinski definition) is 3. The van der Waals surface area contributed by atoms with Gasteiger partial charge in [-0.25, -0.2) is 5.43 Å². The van der Waals surface area contributed by atoms with Gasteiger partial charge in [0, 0.05) is 17.5 Å². The number of hydrogen-bond acceptors (Lipinski definition) is 5. The second kappa shape index (κ2) is 10.6. The van der Waals surface area contributed by atoms with Crippen LogP contribution < -0.4 is 10.2 Å². The molecule has 0 saturated carbocycles. The summed E-state index contributed by atoms with van der Waals surface area (Å²) in [5.41, 5.74) is 6.00. The molecule has 0 aliphatic carbocycles. The molecular weight excluding hydrogens is 452 g/mol. The van der Waals surface area contributed by atoms with Crippen molar-refractivity contribution in [3.8, 4) is 22.8 Å². The summed E-state index contributed by atoms with van der Waals surface area (Å²) < 4.78 is 5.83. The van der Waals surface area contributed by atoms with Gasteiger partial charge < -0.3 is 9.84 Å². The highest BCUT2D eigenvalue weighted by Crippen LogP contribution is 2.25. The predicted octanol–water partition coefficient (Wildman–Crippen LogP) is 5.32. The SMILES string of the molecule is O=C(N/N=C/c1c(O)ccc2ccccc12)c1cc(-c2ccc(OCCc3ccccc3)cc2)n[nH]1. The third-order valence-corrected chi connectivity index (χ3v) is 5.78. The van der Waals surface area contributed by atoms with Crippen LogP contribution in [0.25, 0.3) is 22.0 Å². The Morgan fingerprint density at radius 3 is 2.58 bits per heavy atom. The fourth-order valence-corrected chi connectivity index (χ4v) is 3.87. The molecule has 7 nitrogen and oxygen atoms in total.